The fourth-order valence-corrected chi connectivity index (χ4v) is 2.40. The lowest BCUT2D eigenvalue weighted by Gasteiger charge is -2.21. The van der Waals surface area contributed by atoms with Crippen molar-refractivity contribution in [2.45, 2.75) is 12.4 Å². The summed E-state index contributed by atoms with van der Waals surface area (Å²) in [4.78, 5) is 0. The summed E-state index contributed by atoms with van der Waals surface area (Å²) in [7, 11) is -4.96. The molecule has 22 heavy (non-hydrogen) atoms. The first-order chi connectivity index (χ1) is 9.89. The molecule has 0 bridgehead atoms. The van der Waals surface area contributed by atoms with E-state index >= 15 is 0 Å². The molecule has 0 aliphatic rings. The highest BCUT2D eigenvalue weighted by atomic mass is 31.2. The Kier molecular flexibility index (Phi) is 5.82. The lowest BCUT2D eigenvalue weighted by Crippen LogP contribution is -2.22. The molecule has 0 aliphatic carbocycles. The summed E-state index contributed by atoms with van der Waals surface area (Å²) >= 11 is 0. The molecule has 0 heterocycles. The minimum absolute atomic E-state index is 0.242. The Bertz CT molecular complexity index is 507. The molecule has 0 spiro atoms. The van der Waals surface area contributed by atoms with Gasteiger partial charge in [0.2, 0.25) is 0 Å². The Morgan fingerprint density at radius 2 is 1.32 bits per heavy atom. The molecule has 0 atom stereocenters. The summed E-state index contributed by atoms with van der Waals surface area (Å²) in [5.74, 6) is -0.715. The van der Waals surface area contributed by atoms with Crippen molar-refractivity contribution in [1.29, 1.82) is 0 Å². The van der Waals surface area contributed by atoms with E-state index in [0.717, 1.165) is 24.3 Å². The largest absolute Gasteiger partial charge is 0.433 e. The highest BCUT2D eigenvalue weighted by Crippen LogP contribution is 2.49. The summed E-state index contributed by atoms with van der Waals surface area (Å²) in [5, 5.41) is 1.77. The summed E-state index contributed by atoms with van der Waals surface area (Å²) in [5.41, 5.74) is -0.242. The lowest BCUT2D eigenvalue weighted by atomic mass is 10.3. The van der Waals surface area contributed by atoms with Crippen LogP contribution in [0.5, 0.6) is 0 Å². The third-order valence-electron chi connectivity index (χ3n) is 1.91. The quantitative estimate of drug-likeness (QED) is 0.603. The Morgan fingerprint density at radius 1 is 0.909 bits per heavy atom. The van der Waals surface area contributed by atoms with Crippen LogP contribution < -0.4 is 5.09 Å². The van der Waals surface area contributed by atoms with Crippen molar-refractivity contribution in [3.63, 3.8) is 0 Å². The average Bonchev–Trinajstić information content (AvgIpc) is 2.36. The minimum atomic E-state index is -4.96. The van der Waals surface area contributed by atoms with E-state index in [0.29, 0.717) is 0 Å². The SMILES string of the molecule is O=P(Nc1ccc(F)cc1)(OCC(F)(F)F)OCC(F)(F)F. The molecule has 1 N–H and O–H groups in total. The van der Waals surface area contributed by atoms with E-state index in [2.05, 4.69) is 9.05 Å². The molecule has 0 amide bonds. The second-order valence-corrected chi connectivity index (χ2v) is 5.63. The topological polar surface area (TPSA) is 47.6 Å². The fourth-order valence-electron chi connectivity index (χ4n) is 1.10. The summed E-state index contributed by atoms with van der Waals surface area (Å²) < 4.78 is 105. The monoisotopic (exact) mass is 355 g/mol. The molecule has 0 saturated heterocycles. The number of halogens is 7. The fraction of sp³-hybridized carbons (Fsp3) is 0.400. The van der Waals surface area contributed by atoms with Crippen molar-refractivity contribution in [3.05, 3.63) is 30.1 Å². The van der Waals surface area contributed by atoms with Gasteiger partial charge in [0.25, 0.3) is 0 Å². The molecule has 0 saturated carbocycles. The van der Waals surface area contributed by atoms with Gasteiger partial charge in [-0.1, -0.05) is 0 Å². The Hall–Kier alpha value is -1.32. The smallest absolute Gasteiger partial charge is 0.293 e. The number of anilines is 1. The first kappa shape index (κ1) is 18.7. The third-order valence-corrected chi connectivity index (χ3v) is 3.38. The van der Waals surface area contributed by atoms with Gasteiger partial charge < -0.3 is 0 Å². The van der Waals surface area contributed by atoms with Crippen molar-refractivity contribution in [2.75, 3.05) is 18.3 Å². The first-order valence-corrected chi connectivity index (χ1v) is 6.99. The highest BCUT2D eigenvalue weighted by Gasteiger charge is 2.38. The van der Waals surface area contributed by atoms with Crippen LogP contribution >= 0.6 is 7.75 Å². The number of rotatable bonds is 6. The van der Waals surface area contributed by atoms with Gasteiger partial charge in [-0.05, 0) is 24.3 Å². The van der Waals surface area contributed by atoms with Crippen LogP contribution in [-0.4, -0.2) is 25.6 Å². The van der Waals surface area contributed by atoms with Crippen LogP contribution in [0.3, 0.4) is 0 Å². The minimum Gasteiger partial charge on any atom is -0.293 e. The first-order valence-electron chi connectivity index (χ1n) is 5.45. The van der Waals surface area contributed by atoms with Gasteiger partial charge in [-0.2, -0.15) is 26.3 Å². The molecule has 12 heteroatoms. The van der Waals surface area contributed by atoms with E-state index in [-0.39, 0.29) is 5.69 Å². The second-order valence-electron chi connectivity index (χ2n) is 3.89. The second kappa shape index (κ2) is 6.84. The number of alkyl halides is 6. The van der Waals surface area contributed by atoms with E-state index in [1.165, 1.54) is 0 Å². The Balaban J connectivity index is 2.84. The molecule has 0 radical (unpaired) electrons. The average molecular weight is 355 g/mol. The van der Waals surface area contributed by atoms with Crippen LogP contribution in [0.1, 0.15) is 0 Å². The van der Waals surface area contributed by atoms with Gasteiger partial charge in [-0.15, -0.1) is 0 Å². The highest BCUT2D eigenvalue weighted by molar-refractivity contribution is 7.55. The maximum Gasteiger partial charge on any atom is 0.433 e. The maximum absolute atomic E-state index is 12.7. The molecule has 1 rings (SSSR count). The van der Waals surface area contributed by atoms with Crippen LogP contribution in [0.15, 0.2) is 24.3 Å². The van der Waals surface area contributed by atoms with Gasteiger partial charge >= 0.3 is 20.1 Å². The molecular formula is C10H9F7NO3P. The molecule has 126 valence electrons. The molecule has 0 aromatic heterocycles. The zero-order valence-electron chi connectivity index (χ0n) is 10.5. The summed E-state index contributed by atoms with van der Waals surface area (Å²) in [6.45, 7) is -4.17. The Morgan fingerprint density at radius 3 is 1.68 bits per heavy atom. The van der Waals surface area contributed by atoms with E-state index in [4.69, 9.17) is 0 Å². The van der Waals surface area contributed by atoms with Gasteiger partial charge in [0, 0.05) is 5.69 Å². The number of hydrogen-bond acceptors (Lipinski definition) is 3. The predicted molar refractivity (Wildman–Crippen MR) is 61.6 cm³/mol. The van der Waals surface area contributed by atoms with Crippen LogP contribution in [0.4, 0.5) is 36.4 Å². The molecule has 0 unspecified atom stereocenters. The maximum atomic E-state index is 12.7. The van der Waals surface area contributed by atoms with Gasteiger partial charge in [-0.25, -0.2) is 8.96 Å². The third kappa shape index (κ3) is 7.62. The standard InChI is InChI=1S/C10H9F7NO3P/c11-7-1-3-8(4-2-7)18-22(19,20-5-9(12,13)14)21-6-10(15,16)17/h1-4H,5-6H2,(H,18,19). The van der Waals surface area contributed by atoms with Crippen LogP contribution in [0, 0.1) is 5.82 Å². The van der Waals surface area contributed by atoms with E-state index in [1.54, 1.807) is 5.09 Å². The van der Waals surface area contributed by atoms with Crippen LogP contribution in [0.25, 0.3) is 0 Å². The van der Waals surface area contributed by atoms with Crippen molar-refractivity contribution in [3.8, 4) is 0 Å². The molecule has 0 aliphatic heterocycles. The van der Waals surface area contributed by atoms with E-state index in [9.17, 15) is 35.3 Å². The molecule has 1 aromatic rings. The molecule has 1 aromatic carbocycles. The lowest BCUT2D eigenvalue weighted by molar-refractivity contribution is -0.165. The number of benzene rings is 1. The molecule has 0 fully saturated rings. The van der Waals surface area contributed by atoms with Crippen molar-refractivity contribution in [1.82, 2.24) is 0 Å². The van der Waals surface area contributed by atoms with Gasteiger partial charge in [0.1, 0.15) is 5.82 Å². The molecule has 4 nitrogen and oxygen atoms in total. The van der Waals surface area contributed by atoms with Gasteiger partial charge in [0.05, 0.1) is 0 Å². The van der Waals surface area contributed by atoms with Crippen LogP contribution in [-0.2, 0) is 13.6 Å². The van der Waals surface area contributed by atoms with E-state index < -0.39 is 39.1 Å². The Labute approximate surface area is 119 Å². The van der Waals surface area contributed by atoms with Crippen molar-refractivity contribution in [2.24, 2.45) is 0 Å². The van der Waals surface area contributed by atoms with Crippen molar-refractivity contribution >= 4 is 13.4 Å². The zero-order chi connectivity index (χ0) is 17.0. The van der Waals surface area contributed by atoms with Gasteiger partial charge in [-0.3, -0.25) is 14.1 Å². The summed E-state index contributed by atoms with van der Waals surface area (Å²) in [6, 6.07) is 3.58. The zero-order valence-corrected chi connectivity index (χ0v) is 11.4. The number of nitrogens with one attached hydrogen (secondary N) is 1. The predicted octanol–water partition coefficient (Wildman–Crippen LogP) is 4.50. The summed E-state index contributed by atoms with van der Waals surface area (Å²) in [6.07, 6.45) is -9.86. The van der Waals surface area contributed by atoms with Crippen molar-refractivity contribution < 1.29 is 44.3 Å². The number of hydrogen-bond donors (Lipinski definition) is 1. The van der Waals surface area contributed by atoms with Gasteiger partial charge in [0.15, 0.2) is 13.2 Å². The molecular weight excluding hydrogens is 346 g/mol. The normalized spacial score (nSPS) is 13.2. The van der Waals surface area contributed by atoms with E-state index in [1.807, 2.05) is 0 Å². The van der Waals surface area contributed by atoms with Crippen LogP contribution in [0.2, 0.25) is 0 Å².